The first-order chi connectivity index (χ1) is 28.6. The molecule has 0 spiro atoms. The van der Waals surface area contributed by atoms with Gasteiger partial charge in [0.25, 0.3) is 0 Å². The number of aliphatic carboxylic acids is 1. The molecule has 0 aliphatic carbocycles. The summed E-state index contributed by atoms with van der Waals surface area (Å²) in [5.41, 5.74) is 0. The van der Waals surface area contributed by atoms with E-state index in [1.165, 1.54) is 89.9 Å². The van der Waals surface area contributed by atoms with Crippen LogP contribution in [0, 0.1) is 0 Å². The van der Waals surface area contributed by atoms with Gasteiger partial charge in [-0.25, -0.2) is 0 Å². The predicted octanol–water partition coefficient (Wildman–Crippen LogP) is 12.0. The van der Waals surface area contributed by atoms with Crippen LogP contribution >= 0.6 is 0 Å². The van der Waals surface area contributed by atoms with Crippen molar-refractivity contribution >= 4 is 17.9 Å². The lowest BCUT2D eigenvalue weighted by atomic mass is 10.1. The van der Waals surface area contributed by atoms with Crippen LogP contribution in [-0.2, 0) is 28.6 Å². The number of hydrogen-bond donors (Lipinski definition) is 0. The highest BCUT2D eigenvalue weighted by molar-refractivity contribution is 5.70. The molecular weight excluding hydrogens is 739 g/mol. The lowest BCUT2D eigenvalue weighted by Gasteiger charge is -2.34. The van der Waals surface area contributed by atoms with E-state index < -0.39 is 18.1 Å². The molecule has 0 aliphatic rings. The van der Waals surface area contributed by atoms with Crippen LogP contribution in [-0.4, -0.2) is 75.5 Å². The lowest BCUT2D eigenvalue weighted by molar-refractivity contribution is -0.889. The molecule has 0 saturated carbocycles. The van der Waals surface area contributed by atoms with Gasteiger partial charge in [-0.05, 0) is 70.6 Å². The Bertz CT molecular complexity index is 1150. The molecule has 0 aromatic carbocycles. The van der Waals surface area contributed by atoms with Crippen molar-refractivity contribution in [1.29, 1.82) is 0 Å². The highest BCUT2D eigenvalue weighted by atomic mass is 16.6. The highest BCUT2D eigenvalue weighted by Gasteiger charge is 2.25. The Balaban J connectivity index is 4.31. The first-order valence-corrected chi connectivity index (χ1v) is 23.8. The number of nitrogens with zero attached hydrogens (tertiary/aromatic N) is 1. The van der Waals surface area contributed by atoms with Crippen molar-refractivity contribution in [3.05, 3.63) is 60.8 Å². The Morgan fingerprint density at radius 2 is 1.00 bits per heavy atom. The average Bonchev–Trinajstić information content (AvgIpc) is 3.19. The van der Waals surface area contributed by atoms with Gasteiger partial charge in [-0.15, -0.1) is 0 Å². The molecule has 8 heteroatoms. The summed E-state index contributed by atoms with van der Waals surface area (Å²) >= 11 is 0. The van der Waals surface area contributed by atoms with Gasteiger partial charge in [0.05, 0.1) is 40.3 Å². The number of rotatable bonds is 42. The maximum Gasteiger partial charge on any atom is 0.306 e. The molecule has 2 unspecified atom stereocenters. The minimum Gasteiger partial charge on any atom is -0.544 e. The third-order valence-corrected chi connectivity index (χ3v) is 10.4. The van der Waals surface area contributed by atoms with Gasteiger partial charge in [-0.2, -0.15) is 0 Å². The molecule has 2 atom stereocenters. The van der Waals surface area contributed by atoms with Gasteiger partial charge in [0.15, 0.2) is 6.10 Å². The van der Waals surface area contributed by atoms with Crippen LogP contribution in [0.4, 0.5) is 0 Å². The summed E-state index contributed by atoms with van der Waals surface area (Å²) < 4.78 is 17.2. The van der Waals surface area contributed by atoms with E-state index in [2.05, 4.69) is 74.6 Å². The van der Waals surface area contributed by atoms with Crippen LogP contribution in [0.15, 0.2) is 60.8 Å². The van der Waals surface area contributed by atoms with Gasteiger partial charge < -0.3 is 28.6 Å². The van der Waals surface area contributed by atoms with Crippen LogP contribution in [0.25, 0.3) is 0 Å². The number of hydrogen-bond acceptors (Lipinski definition) is 7. The summed E-state index contributed by atoms with van der Waals surface area (Å²) in [4.78, 5) is 36.9. The summed E-state index contributed by atoms with van der Waals surface area (Å²) in [5, 5.41) is 11.6. The molecular formula is C51H89NO7. The van der Waals surface area contributed by atoms with Crippen molar-refractivity contribution in [2.75, 3.05) is 41.0 Å². The molecule has 0 heterocycles. The van der Waals surface area contributed by atoms with Gasteiger partial charge in [0, 0.05) is 19.3 Å². The van der Waals surface area contributed by atoms with Crippen molar-refractivity contribution in [3.8, 4) is 0 Å². The molecule has 340 valence electrons. The second-order valence-corrected chi connectivity index (χ2v) is 17.0. The fourth-order valence-corrected chi connectivity index (χ4v) is 6.72. The predicted molar refractivity (Wildman–Crippen MR) is 245 cm³/mol. The fourth-order valence-electron chi connectivity index (χ4n) is 6.72. The largest absolute Gasteiger partial charge is 0.544 e. The zero-order chi connectivity index (χ0) is 43.5. The number of ether oxygens (including phenoxy) is 3. The minimum atomic E-state index is -1.13. The Kier molecular flexibility index (Phi) is 39.6. The summed E-state index contributed by atoms with van der Waals surface area (Å²) in [6, 6.07) is -0.731. The number of carbonyl (C=O) groups is 3. The number of esters is 2. The zero-order valence-electron chi connectivity index (χ0n) is 38.7. The smallest absolute Gasteiger partial charge is 0.306 e. The van der Waals surface area contributed by atoms with E-state index in [0.717, 1.165) is 70.6 Å². The Hall–Kier alpha value is -2.97. The molecule has 0 amide bonds. The Morgan fingerprint density at radius 3 is 1.51 bits per heavy atom. The number of likely N-dealkylation sites (N-methyl/N-ethyl adjacent to an activating group) is 1. The van der Waals surface area contributed by atoms with Crippen LogP contribution in [0.5, 0.6) is 0 Å². The average molecular weight is 828 g/mol. The van der Waals surface area contributed by atoms with Crippen LogP contribution in [0.2, 0.25) is 0 Å². The van der Waals surface area contributed by atoms with Crippen molar-refractivity contribution in [2.24, 2.45) is 0 Å². The number of carboxylic acids is 1. The van der Waals surface area contributed by atoms with E-state index in [4.69, 9.17) is 14.2 Å². The molecule has 0 fully saturated rings. The highest BCUT2D eigenvalue weighted by Crippen LogP contribution is 2.14. The third kappa shape index (κ3) is 40.2. The maximum atomic E-state index is 12.7. The van der Waals surface area contributed by atoms with Crippen LogP contribution in [0.3, 0.4) is 0 Å². The van der Waals surface area contributed by atoms with E-state index in [1.54, 1.807) is 21.1 Å². The number of carboxylic acid groups (broad SMARTS) is 1. The number of carbonyl (C=O) groups excluding carboxylic acids is 3. The van der Waals surface area contributed by atoms with Gasteiger partial charge >= 0.3 is 11.9 Å². The topological polar surface area (TPSA) is 102 Å². The summed E-state index contributed by atoms with van der Waals surface area (Å²) in [6.07, 6.45) is 51.0. The van der Waals surface area contributed by atoms with E-state index >= 15 is 0 Å². The van der Waals surface area contributed by atoms with Gasteiger partial charge in [0.2, 0.25) is 0 Å². The summed E-state index contributed by atoms with van der Waals surface area (Å²) in [7, 11) is 5.40. The minimum absolute atomic E-state index is 0.0326. The molecule has 0 radical (unpaired) electrons. The first kappa shape index (κ1) is 56.0. The molecule has 0 aromatic heterocycles. The van der Waals surface area contributed by atoms with Crippen LogP contribution in [0.1, 0.15) is 194 Å². The van der Waals surface area contributed by atoms with E-state index in [-0.39, 0.29) is 42.7 Å². The molecule has 0 saturated heterocycles. The molecule has 0 aromatic rings. The third-order valence-electron chi connectivity index (χ3n) is 10.4. The molecule has 0 rings (SSSR count). The number of allylic oxidation sites excluding steroid dienone is 10. The summed E-state index contributed by atoms with van der Waals surface area (Å²) in [6.45, 7) is 4.51. The molecule has 0 N–H and O–H groups in total. The zero-order valence-corrected chi connectivity index (χ0v) is 38.7. The van der Waals surface area contributed by atoms with E-state index in [9.17, 15) is 19.5 Å². The molecule has 0 bridgehead atoms. The summed E-state index contributed by atoms with van der Waals surface area (Å²) in [5.74, 6) is -1.76. The molecule has 59 heavy (non-hydrogen) atoms. The number of quaternary nitrogens is 1. The quantitative estimate of drug-likeness (QED) is 0.0198. The SMILES string of the molecule is CC/C=C/C/C=C/C/C=C/CCCCCCCCC(=O)OC(COCCC(C(=O)[O-])[N+](C)(C)C)COC(=O)CCCCCCCCCCCC/C=C/C=C/CCCCC. The first-order valence-electron chi connectivity index (χ1n) is 23.8. The van der Waals surface area contributed by atoms with E-state index in [1.807, 2.05) is 0 Å². The normalized spacial score (nSPS) is 13.4. The lowest BCUT2D eigenvalue weighted by Crippen LogP contribution is -2.55. The molecule has 8 nitrogen and oxygen atoms in total. The van der Waals surface area contributed by atoms with Crippen molar-refractivity contribution in [2.45, 2.75) is 206 Å². The fraction of sp³-hybridized carbons (Fsp3) is 0.745. The standard InChI is InChI=1S/C51H89NO7/c1-6-8-10-12-14-16-18-20-22-24-25-26-28-29-31-33-35-37-39-41-49(53)58-46-47(45-57-44-43-48(51(55)56)52(3,4)5)59-50(54)42-40-38-36-34-32-30-27-23-21-19-17-15-13-11-9-7-2/h9,11,14-18,20-21,23,47-48H,6-8,10,12-13,19,22,24-46H2,1-5H3/b11-9+,16-14+,17-15+,20-18+,23-21+. The van der Waals surface area contributed by atoms with Gasteiger partial charge in [0.1, 0.15) is 12.6 Å². The second kappa shape index (κ2) is 41.8. The van der Waals surface area contributed by atoms with E-state index in [0.29, 0.717) is 12.8 Å². The molecule has 0 aliphatic heterocycles. The Morgan fingerprint density at radius 1 is 0.542 bits per heavy atom. The van der Waals surface area contributed by atoms with Gasteiger partial charge in [-0.3, -0.25) is 9.59 Å². The number of unbranched alkanes of at least 4 members (excludes halogenated alkanes) is 19. The maximum absolute atomic E-state index is 12.7. The Labute approximate surface area is 362 Å². The van der Waals surface area contributed by atoms with Crippen molar-refractivity contribution < 1.29 is 38.2 Å². The van der Waals surface area contributed by atoms with Crippen molar-refractivity contribution in [3.63, 3.8) is 0 Å². The van der Waals surface area contributed by atoms with Crippen molar-refractivity contribution in [1.82, 2.24) is 0 Å². The van der Waals surface area contributed by atoms with Crippen LogP contribution < -0.4 is 5.11 Å². The monoisotopic (exact) mass is 828 g/mol. The second-order valence-electron chi connectivity index (χ2n) is 17.0. The van der Waals surface area contributed by atoms with Gasteiger partial charge in [-0.1, -0.05) is 164 Å².